The molecule has 4 nitrogen and oxygen atoms in total. The Hall–Kier alpha value is -0.430. The van der Waals surface area contributed by atoms with Gasteiger partial charge in [0.15, 0.2) is 0 Å². The molecule has 1 saturated heterocycles. The van der Waals surface area contributed by atoms with Crippen LogP contribution in [0.15, 0.2) is 33.6 Å². The molecular formula is C14H22BrN2O2S+. The van der Waals surface area contributed by atoms with E-state index in [0.717, 1.165) is 17.4 Å². The minimum atomic E-state index is -3.38. The maximum Gasteiger partial charge on any atom is 0.240 e. The molecule has 0 aromatic heterocycles. The molecule has 1 fully saturated rings. The van der Waals surface area contributed by atoms with Gasteiger partial charge in [-0.2, -0.15) is 0 Å². The van der Waals surface area contributed by atoms with Crippen LogP contribution in [0.2, 0.25) is 0 Å². The molecule has 1 aromatic rings. The number of halogens is 1. The van der Waals surface area contributed by atoms with E-state index in [-0.39, 0.29) is 0 Å². The number of likely N-dealkylation sites (tertiary alicyclic amines) is 1. The van der Waals surface area contributed by atoms with Crippen molar-refractivity contribution in [3.8, 4) is 0 Å². The first-order valence-electron chi connectivity index (χ1n) is 7.17. The van der Waals surface area contributed by atoms with Gasteiger partial charge in [-0.1, -0.05) is 22.0 Å². The number of hydrogen-bond acceptors (Lipinski definition) is 2. The largest absolute Gasteiger partial charge is 0.335 e. The normalized spacial score (nSPS) is 17.2. The van der Waals surface area contributed by atoms with Crippen LogP contribution in [0.3, 0.4) is 0 Å². The fraction of sp³-hybridized carbons (Fsp3) is 0.571. The first-order valence-corrected chi connectivity index (χ1v) is 9.44. The molecule has 2 N–H and O–H groups in total. The molecule has 6 heteroatoms. The first-order chi connectivity index (χ1) is 9.58. The van der Waals surface area contributed by atoms with Crippen molar-refractivity contribution in [1.29, 1.82) is 0 Å². The van der Waals surface area contributed by atoms with E-state index in [1.807, 2.05) is 6.07 Å². The van der Waals surface area contributed by atoms with Crippen LogP contribution in [-0.4, -0.2) is 34.6 Å². The fourth-order valence-electron chi connectivity index (χ4n) is 2.56. The van der Waals surface area contributed by atoms with Crippen molar-refractivity contribution in [2.24, 2.45) is 0 Å². The number of piperidine rings is 1. The van der Waals surface area contributed by atoms with E-state index in [4.69, 9.17) is 0 Å². The quantitative estimate of drug-likeness (QED) is 0.747. The van der Waals surface area contributed by atoms with E-state index in [1.165, 1.54) is 32.4 Å². The summed E-state index contributed by atoms with van der Waals surface area (Å²) in [6.45, 7) is 4.04. The van der Waals surface area contributed by atoms with E-state index >= 15 is 0 Å². The molecule has 0 bridgehead atoms. The van der Waals surface area contributed by atoms with Crippen LogP contribution >= 0.6 is 15.9 Å². The highest BCUT2D eigenvalue weighted by atomic mass is 79.9. The summed E-state index contributed by atoms with van der Waals surface area (Å²) >= 11 is 3.29. The third-order valence-electron chi connectivity index (χ3n) is 3.67. The van der Waals surface area contributed by atoms with Crippen LogP contribution in [0, 0.1) is 0 Å². The third-order valence-corrected chi connectivity index (χ3v) is 5.62. The SMILES string of the molecule is O=S(=O)(NCCC[NH+]1CCCCC1)c1cccc(Br)c1. The number of benzene rings is 1. The number of sulfonamides is 1. The summed E-state index contributed by atoms with van der Waals surface area (Å²) in [5, 5.41) is 0. The van der Waals surface area contributed by atoms with Gasteiger partial charge in [0.2, 0.25) is 10.0 Å². The van der Waals surface area contributed by atoms with Crippen LogP contribution in [-0.2, 0) is 10.0 Å². The lowest BCUT2D eigenvalue weighted by Gasteiger charge is -2.23. The maximum absolute atomic E-state index is 12.1. The second kappa shape index (κ2) is 7.54. The molecule has 1 aromatic carbocycles. The second-order valence-corrected chi connectivity index (χ2v) is 7.95. The highest BCUT2D eigenvalue weighted by Crippen LogP contribution is 2.15. The predicted octanol–water partition coefficient (Wildman–Crippen LogP) is 1.19. The minimum absolute atomic E-state index is 0.317. The lowest BCUT2D eigenvalue weighted by molar-refractivity contribution is -0.904. The maximum atomic E-state index is 12.1. The van der Waals surface area contributed by atoms with Crippen molar-refractivity contribution < 1.29 is 13.3 Å². The number of nitrogens with one attached hydrogen (secondary N) is 2. The average molecular weight is 362 g/mol. The van der Waals surface area contributed by atoms with Crippen LogP contribution in [0.4, 0.5) is 0 Å². The van der Waals surface area contributed by atoms with Gasteiger partial charge in [-0.05, 0) is 37.5 Å². The smallest absolute Gasteiger partial charge is 0.240 e. The Morgan fingerprint density at radius 2 is 1.95 bits per heavy atom. The number of quaternary nitrogens is 1. The zero-order valence-electron chi connectivity index (χ0n) is 11.6. The van der Waals surface area contributed by atoms with Crippen molar-refractivity contribution in [2.45, 2.75) is 30.6 Å². The molecule has 0 atom stereocenters. The fourth-order valence-corrected chi connectivity index (χ4v) is 4.23. The van der Waals surface area contributed by atoms with Gasteiger partial charge in [0.05, 0.1) is 24.5 Å². The first kappa shape index (κ1) is 15.9. The third kappa shape index (κ3) is 4.84. The molecule has 1 aliphatic heterocycles. The predicted molar refractivity (Wildman–Crippen MR) is 83.4 cm³/mol. The molecule has 112 valence electrons. The lowest BCUT2D eigenvalue weighted by Crippen LogP contribution is -3.12. The van der Waals surface area contributed by atoms with Crippen LogP contribution in [0.1, 0.15) is 25.7 Å². The van der Waals surface area contributed by atoms with Gasteiger partial charge in [0.25, 0.3) is 0 Å². The zero-order valence-corrected chi connectivity index (χ0v) is 14.0. The standard InChI is InChI=1S/C14H21BrN2O2S/c15-13-6-4-7-14(12-13)20(18,19)16-8-5-11-17-9-2-1-3-10-17/h4,6-7,12,16H,1-3,5,8-11H2/p+1. The summed E-state index contributed by atoms with van der Waals surface area (Å²) in [7, 11) is -3.38. The molecule has 1 aliphatic rings. The Labute approximate surface area is 129 Å². The van der Waals surface area contributed by atoms with Crippen molar-refractivity contribution in [3.05, 3.63) is 28.7 Å². The van der Waals surface area contributed by atoms with Gasteiger partial charge >= 0.3 is 0 Å². The average Bonchev–Trinajstić information content (AvgIpc) is 2.45. The highest BCUT2D eigenvalue weighted by molar-refractivity contribution is 9.10. The Balaban J connectivity index is 1.78. The topological polar surface area (TPSA) is 50.6 Å². The van der Waals surface area contributed by atoms with Gasteiger partial charge < -0.3 is 4.90 Å². The van der Waals surface area contributed by atoms with Crippen molar-refractivity contribution in [2.75, 3.05) is 26.2 Å². The Morgan fingerprint density at radius 1 is 1.20 bits per heavy atom. The number of rotatable bonds is 6. The van der Waals surface area contributed by atoms with E-state index < -0.39 is 10.0 Å². The van der Waals surface area contributed by atoms with Crippen LogP contribution in [0.5, 0.6) is 0 Å². The molecule has 2 rings (SSSR count). The molecule has 1 heterocycles. The van der Waals surface area contributed by atoms with E-state index in [9.17, 15) is 8.42 Å². The molecule has 0 spiro atoms. The van der Waals surface area contributed by atoms with Crippen LogP contribution < -0.4 is 9.62 Å². The van der Waals surface area contributed by atoms with Crippen molar-refractivity contribution in [3.63, 3.8) is 0 Å². The summed E-state index contributed by atoms with van der Waals surface area (Å²) < 4.78 is 27.6. The molecule has 0 unspecified atom stereocenters. The second-order valence-electron chi connectivity index (χ2n) is 5.27. The Morgan fingerprint density at radius 3 is 2.65 bits per heavy atom. The van der Waals surface area contributed by atoms with Crippen molar-refractivity contribution >= 4 is 26.0 Å². The summed E-state index contributed by atoms with van der Waals surface area (Å²) in [6.07, 6.45) is 4.85. The zero-order chi connectivity index (χ0) is 14.4. The van der Waals surface area contributed by atoms with Gasteiger partial charge in [0, 0.05) is 17.4 Å². The molecule has 0 amide bonds. The van der Waals surface area contributed by atoms with Gasteiger partial charge in [-0.3, -0.25) is 0 Å². The summed E-state index contributed by atoms with van der Waals surface area (Å²) in [5.41, 5.74) is 0. The minimum Gasteiger partial charge on any atom is -0.335 e. The Bertz CT molecular complexity index is 528. The van der Waals surface area contributed by atoms with Gasteiger partial charge in [-0.25, -0.2) is 13.1 Å². The van der Waals surface area contributed by atoms with Gasteiger partial charge in [0.1, 0.15) is 0 Å². The van der Waals surface area contributed by atoms with E-state index in [0.29, 0.717) is 11.4 Å². The summed E-state index contributed by atoms with van der Waals surface area (Å²) in [6, 6.07) is 6.79. The van der Waals surface area contributed by atoms with Gasteiger partial charge in [-0.15, -0.1) is 0 Å². The lowest BCUT2D eigenvalue weighted by atomic mass is 10.1. The van der Waals surface area contributed by atoms with Crippen LogP contribution in [0.25, 0.3) is 0 Å². The number of hydrogen-bond donors (Lipinski definition) is 2. The monoisotopic (exact) mass is 361 g/mol. The molecular weight excluding hydrogens is 340 g/mol. The molecule has 0 saturated carbocycles. The summed E-state index contributed by atoms with van der Waals surface area (Å²) in [4.78, 5) is 1.93. The summed E-state index contributed by atoms with van der Waals surface area (Å²) in [5.74, 6) is 0. The molecule has 20 heavy (non-hydrogen) atoms. The molecule has 0 radical (unpaired) electrons. The highest BCUT2D eigenvalue weighted by Gasteiger charge is 2.15. The molecule has 0 aliphatic carbocycles. The Kier molecular flexibility index (Phi) is 6.01. The van der Waals surface area contributed by atoms with E-state index in [1.54, 1.807) is 23.1 Å². The van der Waals surface area contributed by atoms with Crippen molar-refractivity contribution in [1.82, 2.24) is 4.72 Å². The van der Waals surface area contributed by atoms with E-state index in [2.05, 4.69) is 20.7 Å².